The Morgan fingerprint density at radius 1 is 1.39 bits per heavy atom. The van der Waals surface area contributed by atoms with Gasteiger partial charge >= 0.3 is 0 Å². The number of nitrogens with one attached hydrogen (secondary N) is 1. The van der Waals surface area contributed by atoms with Crippen LogP contribution < -0.4 is 5.32 Å². The molecular formula is C13H27NO3S. The standard InChI is InChI=1S/C13H27NO3S/c1-5-13(3)11(10-12(13)17-6-2)14-8-7-9-18(4,15)16/h11-12,14H,5-10H2,1-4H3. The second-order valence-corrected chi connectivity index (χ2v) is 7.79. The Morgan fingerprint density at radius 3 is 2.56 bits per heavy atom. The molecule has 0 aromatic heterocycles. The highest BCUT2D eigenvalue weighted by atomic mass is 32.2. The molecule has 0 saturated heterocycles. The van der Waals surface area contributed by atoms with Crippen LogP contribution in [0.4, 0.5) is 0 Å². The van der Waals surface area contributed by atoms with Crippen molar-refractivity contribution < 1.29 is 13.2 Å². The Hall–Kier alpha value is -0.130. The van der Waals surface area contributed by atoms with Crippen LogP contribution in [0.5, 0.6) is 0 Å². The zero-order valence-electron chi connectivity index (χ0n) is 12.0. The van der Waals surface area contributed by atoms with Crippen LogP contribution >= 0.6 is 0 Å². The van der Waals surface area contributed by atoms with Crippen LogP contribution in [0.1, 0.15) is 40.0 Å². The highest BCUT2D eigenvalue weighted by molar-refractivity contribution is 7.90. The minimum Gasteiger partial charge on any atom is -0.378 e. The van der Waals surface area contributed by atoms with Crippen molar-refractivity contribution in [3.63, 3.8) is 0 Å². The molecule has 108 valence electrons. The summed E-state index contributed by atoms with van der Waals surface area (Å²) in [6, 6.07) is 0.457. The summed E-state index contributed by atoms with van der Waals surface area (Å²) in [5.74, 6) is 0.268. The highest BCUT2D eigenvalue weighted by Gasteiger charge is 2.50. The summed E-state index contributed by atoms with van der Waals surface area (Å²) in [4.78, 5) is 0. The van der Waals surface area contributed by atoms with E-state index in [2.05, 4.69) is 19.2 Å². The molecule has 0 aromatic carbocycles. The second-order valence-electron chi connectivity index (χ2n) is 5.53. The lowest BCUT2D eigenvalue weighted by Gasteiger charge is -2.53. The molecule has 0 spiro atoms. The van der Waals surface area contributed by atoms with E-state index in [1.165, 1.54) is 6.26 Å². The van der Waals surface area contributed by atoms with Crippen LogP contribution in [0.25, 0.3) is 0 Å². The predicted molar refractivity (Wildman–Crippen MR) is 74.5 cm³/mol. The molecular weight excluding hydrogens is 250 g/mol. The first-order chi connectivity index (χ1) is 8.33. The van der Waals surface area contributed by atoms with E-state index < -0.39 is 9.84 Å². The van der Waals surface area contributed by atoms with Crippen molar-refractivity contribution in [2.75, 3.05) is 25.2 Å². The van der Waals surface area contributed by atoms with Gasteiger partial charge in [0.05, 0.1) is 11.9 Å². The Balaban J connectivity index is 2.32. The van der Waals surface area contributed by atoms with Crippen LogP contribution in [0.3, 0.4) is 0 Å². The maximum absolute atomic E-state index is 11.0. The average molecular weight is 277 g/mol. The molecule has 0 amide bonds. The molecule has 4 nitrogen and oxygen atoms in total. The van der Waals surface area contributed by atoms with Gasteiger partial charge < -0.3 is 10.1 Å². The Kier molecular flexibility index (Phi) is 5.62. The maximum atomic E-state index is 11.0. The van der Waals surface area contributed by atoms with E-state index >= 15 is 0 Å². The number of sulfone groups is 1. The third-order valence-corrected chi connectivity index (χ3v) is 5.22. The first-order valence-corrected chi connectivity index (χ1v) is 8.92. The van der Waals surface area contributed by atoms with Crippen LogP contribution in [0, 0.1) is 5.41 Å². The SMILES string of the molecule is CCOC1CC(NCCCS(C)(=O)=O)C1(C)CC. The van der Waals surface area contributed by atoms with Gasteiger partial charge in [0.2, 0.25) is 0 Å². The van der Waals surface area contributed by atoms with Gasteiger partial charge in [-0.3, -0.25) is 0 Å². The van der Waals surface area contributed by atoms with Crippen LogP contribution in [-0.4, -0.2) is 45.7 Å². The number of rotatable bonds is 8. The van der Waals surface area contributed by atoms with Crippen molar-refractivity contribution >= 4 is 9.84 Å². The van der Waals surface area contributed by atoms with Crippen LogP contribution in [0.2, 0.25) is 0 Å². The molecule has 3 atom stereocenters. The van der Waals surface area contributed by atoms with Gasteiger partial charge in [0.15, 0.2) is 0 Å². The van der Waals surface area contributed by atoms with E-state index in [1.807, 2.05) is 6.92 Å². The van der Waals surface area contributed by atoms with E-state index in [4.69, 9.17) is 4.74 Å². The summed E-state index contributed by atoms with van der Waals surface area (Å²) in [6.45, 7) is 8.01. The molecule has 1 aliphatic carbocycles. The molecule has 0 aliphatic heterocycles. The molecule has 18 heavy (non-hydrogen) atoms. The van der Waals surface area contributed by atoms with Gasteiger partial charge in [0.1, 0.15) is 9.84 Å². The van der Waals surface area contributed by atoms with Gasteiger partial charge in [-0.1, -0.05) is 13.8 Å². The number of hydrogen-bond acceptors (Lipinski definition) is 4. The summed E-state index contributed by atoms with van der Waals surface area (Å²) >= 11 is 0. The number of hydrogen-bond donors (Lipinski definition) is 1. The molecule has 0 heterocycles. The van der Waals surface area contributed by atoms with E-state index in [9.17, 15) is 8.42 Å². The zero-order valence-corrected chi connectivity index (χ0v) is 12.8. The lowest BCUT2D eigenvalue weighted by molar-refractivity contribution is -0.125. The fraction of sp³-hybridized carbons (Fsp3) is 1.00. The van der Waals surface area contributed by atoms with Crippen molar-refractivity contribution in [3.05, 3.63) is 0 Å². The maximum Gasteiger partial charge on any atom is 0.147 e. The lowest BCUT2D eigenvalue weighted by Crippen LogP contribution is -2.62. The summed E-state index contributed by atoms with van der Waals surface area (Å²) in [5.41, 5.74) is 0.196. The minimum atomic E-state index is -2.83. The summed E-state index contributed by atoms with van der Waals surface area (Å²) in [7, 11) is -2.83. The van der Waals surface area contributed by atoms with E-state index in [-0.39, 0.29) is 11.2 Å². The topological polar surface area (TPSA) is 55.4 Å². The van der Waals surface area contributed by atoms with Crippen molar-refractivity contribution in [2.24, 2.45) is 5.41 Å². The molecule has 1 saturated carbocycles. The first-order valence-electron chi connectivity index (χ1n) is 6.86. The third kappa shape index (κ3) is 3.93. The Morgan fingerprint density at radius 2 is 2.06 bits per heavy atom. The van der Waals surface area contributed by atoms with Gasteiger partial charge in [0, 0.05) is 24.3 Å². The molecule has 0 bridgehead atoms. The fourth-order valence-electron chi connectivity index (χ4n) is 2.68. The normalized spacial score (nSPS) is 32.2. The Bertz CT molecular complexity index is 355. The third-order valence-electron chi connectivity index (χ3n) is 4.19. The zero-order chi connectivity index (χ0) is 13.8. The Labute approximate surface area is 111 Å². The molecule has 0 aromatic rings. The summed E-state index contributed by atoms with van der Waals surface area (Å²) < 4.78 is 27.8. The summed E-state index contributed by atoms with van der Waals surface area (Å²) in [6.07, 6.45) is 4.45. The molecule has 1 N–H and O–H groups in total. The van der Waals surface area contributed by atoms with Crippen LogP contribution in [-0.2, 0) is 14.6 Å². The first kappa shape index (κ1) is 15.9. The van der Waals surface area contributed by atoms with E-state index in [0.717, 1.165) is 26.0 Å². The molecule has 1 rings (SSSR count). The average Bonchev–Trinajstić information content (AvgIpc) is 2.29. The van der Waals surface area contributed by atoms with Crippen molar-refractivity contribution in [1.29, 1.82) is 0 Å². The van der Waals surface area contributed by atoms with E-state index in [0.29, 0.717) is 18.6 Å². The van der Waals surface area contributed by atoms with Crippen molar-refractivity contribution in [3.8, 4) is 0 Å². The molecule has 3 unspecified atom stereocenters. The highest BCUT2D eigenvalue weighted by Crippen LogP contribution is 2.45. The monoisotopic (exact) mass is 277 g/mol. The fourth-order valence-corrected chi connectivity index (χ4v) is 3.35. The quantitative estimate of drug-likeness (QED) is 0.685. The van der Waals surface area contributed by atoms with Gasteiger partial charge in [-0.15, -0.1) is 0 Å². The summed E-state index contributed by atoms with van der Waals surface area (Å²) in [5, 5.41) is 3.48. The smallest absolute Gasteiger partial charge is 0.147 e. The largest absolute Gasteiger partial charge is 0.378 e. The molecule has 0 radical (unpaired) electrons. The lowest BCUT2D eigenvalue weighted by atomic mass is 9.61. The van der Waals surface area contributed by atoms with Crippen LogP contribution in [0.15, 0.2) is 0 Å². The van der Waals surface area contributed by atoms with E-state index in [1.54, 1.807) is 0 Å². The van der Waals surface area contributed by atoms with Gasteiger partial charge in [0.25, 0.3) is 0 Å². The van der Waals surface area contributed by atoms with Crippen molar-refractivity contribution in [2.45, 2.75) is 52.2 Å². The minimum absolute atomic E-state index is 0.196. The molecule has 5 heteroatoms. The van der Waals surface area contributed by atoms with Gasteiger partial charge in [-0.25, -0.2) is 8.42 Å². The van der Waals surface area contributed by atoms with Crippen molar-refractivity contribution in [1.82, 2.24) is 5.32 Å². The molecule has 1 aliphatic rings. The van der Waals surface area contributed by atoms with Gasteiger partial charge in [-0.05, 0) is 32.7 Å². The predicted octanol–water partition coefficient (Wildman–Crippen LogP) is 1.60. The molecule has 1 fully saturated rings. The second kappa shape index (κ2) is 6.35. The van der Waals surface area contributed by atoms with Gasteiger partial charge in [-0.2, -0.15) is 0 Å². The number of ether oxygens (including phenoxy) is 1.